The number of nitrogens with zero attached hydrogens (tertiary/aromatic N) is 3. The molecule has 0 saturated carbocycles. The van der Waals surface area contributed by atoms with E-state index in [-0.39, 0.29) is 117 Å². The molecule has 0 saturated heterocycles. The number of alkyl halides is 1. The van der Waals surface area contributed by atoms with Crippen molar-refractivity contribution in [2.45, 2.75) is 13.2 Å². The minimum atomic E-state index is -1.11. The maximum atomic E-state index is 11.1. The molecular weight excluding hydrogens is 940 g/mol. The maximum Gasteiger partial charge on any atom is 0.230 e. The van der Waals surface area contributed by atoms with E-state index in [1.54, 1.807) is 10.9 Å². The minimum Gasteiger partial charge on any atom is -0.396 e. The number of rotatable bonds is 39. The van der Waals surface area contributed by atoms with Gasteiger partial charge >= 0.3 is 0 Å². The second-order valence-corrected chi connectivity index (χ2v) is 14.7. The van der Waals surface area contributed by atoms with Gasteiger partial charge in [0.25, 0.3) is 0 Å². The third-order valence-corrected chi connectivity index (χ3v) is 8.78. The standard InChI is InChI=1S/C25H35BrN4O7.C17H20O4.C5H12O4/c1-4-9-34-19-25(20-35-10-5-2,21-36-11-6-3)22-37-18-23-17-30(29-28-23)8-13-33-15-14-32-12-7-27-24(31)16-26;1-5-9-18-13-17(14-19-10-6-2,15-20-11-7-3)16-21-12-8-4;6-1-5(2-7,3-8)4-9/h1-3,17H,7-16,18-22H2,(H,27,31);1-4H,9-16H2;6-9H,1-4H2. The highest BCUT2D eigenvalue weighted by Crippen LogP contribution is 2.22. The number of nitrogens with one attached hydrogen (secondary N) is 1. The van der Waals surface area contributed by atoms with E-state index >= 15 is 0 Å². The molecule has 0 atom stereocenters. The molecule has 1 aromatic heterocycles. The molecule has 1 rings (SSSR count). The van der Waals surface area contributed by atoms with Gasteiger partial charge in [0.2, 0.25) is 5.91 Å². The zero-order valence-electron chi connectivity index (χ0n) is 38.2. The lowest BCUT2D eigenvalue weighted by atomic mass is 9.92. The van der Waals surface area contributed by atoms with Crippen molar-refractivity contribution >= 4 is 21.8 Å². The lowest BCUT2D eigenvalue weighted by molar-refractivity contribution is -0.118. The van der Waals surface area contributed by atoms with Crippen molar-refractivity contribution in [3.05, 3.63) is 11.9 Å². The summed E-state index contributed by atoms with van der Waals surface area (Å²) in [6, 6.07) is 0. The summed E-state index contributed by atoms with van der Waals surface area (Å²) in [4.78, 5) is 11.1. The smallest absolute Gasteiger partial charge is 0.230 e. The van der Waals surface area contributed by atoms with Crippen LogP contribution in [0.2, 0.25) is 0 Å². The SMILES string of the molecule is C#CCOCC(COCC#C)(COCC#C)COCC#C.C#CCOCC(COCC#C)(COCC#C)COCc1cn(CCOCCOCCNC(=O)CBr)nn1.OCC(CO)(CO)CO. The molecule has 0 fully saturated rings. The second-order valence-electron chi connectivity index (χ2n) is 14.2. The summed E-state index contributed by atoms with van der Waals surface area (Å²) >= 11 is 3.08. The predicted octanol–water partition coefficient (Wildman–Crippen LogP) is -1.21. The lowest BCUT2D eigenvalue weighted by Crippen LogP contribution is -2.42. The number of hydrogen-bond acceptors (Lipinski definition) is 17. The zero-order chi connectivity index (χ0) is 50.2. The van der Waals surface area contributed by atoms with Gasteiger partial charge < -0.3 is 73.1 Å². The van der Waals surface area contributed by atoms with E-state index < -0.39 is 42.7 Å². The first-order valence-electron chi connectivity index (χ1n) is 20.5. The van der Waals surface area contributed by atoms with Gasteiger partial charge in [-0.1, -0.05) is 62.6 Å². The molecule has 0 aliphatic carbocycles. The van der Waals surface area contributed by atoms with E-state index in [9.17, 15) is 4.79 Å². The summed E-state index contributed by atoms with van der Waals surface area (Å²) in [6.45, 7) is 4.60. The largest absolute Gasteiger partial charge is 0.396 e. The predicted molar refractivity (Wildman–Crippen MR) is 251 cm³/mol. The molecule has 19 nitrogen and oxygen atoms in total. The molecule has 20 heteroatoms. The first-order valence-corrected chi connectivity index (χ1v) is 21.7. The fourth-order valence-corrected chi connectivity index (χ4v) is 4.96. The number of halogens is 1. The maximum absolute atomic E-state index is 11.1. The number of terminal acetylenes is 7. The molecule has 0 radical (unpaired) electrons. The van der Waals surface area contributed by atoms with E-state index in [4.69, 9.17) is 113 Å². The molecule has 5 N–H and O–H groups in total. The van der Waals surface area contributed by atoms with Gasteiger partial charge in [0.05, 0.1) is 147 Å². The van der Waals surface area contributed by atoms with Crippen LogP contribution < -0.4 is 5.32 Å². The summed E-state index contributed by atoms with van der Waals surface area (Å²) < 4.78 is 56.9. The molecule has 1 aromatic rings. The van der Waals surface area contributed by atoms with Gasteiger partial charge in [0, 0.05) is 6.54 Å². The molecule has 0 unspecified atom stereocenters. The van der Waals surface area contributed by atoms with Gasteiger partial charge in [-0.15, -0.1) is 50.1 Å². The Kier molecular flexibility index (Phi) is 43.6. The minimum absolute atomic E-state index is 0.0750. The highest BCUT2D eigenvalue weighted by atomic mass is 79.9. The molecule has 1 amide bonds. The van der Waals surface area contributed by atoms with Gasteiger partial charge in [0.1, 0.15) is 51.9 Å². The van der Waals surface area contributed by atoms with Crippen molar-refractivity contribution in [1.29, 1.82) is 0 Å². The van der Waals surface area contributed by atoms with E-state index in [0.717, 1.165) is 0 Å². The fourth-order valence-electron chi connectivity index (χ4n) is 4.76. The van der Waals surface area contributed by atoms with Crippen LogP contribution in [0.1, 0.15) is 5.69 Å². The van der Waals surface area contributed by atoms with Gasteiger partial charge in [-0.05, 0) is 0 Å². The first-order chi connectivity index (χ1) is 32.6. The van der Waals surface area contributed by atoms with Crippen LogP contribution in [0.5, 0.6) is 0 Å². The van der Waals surface area contributed by atoms with Crippen molar-refractivity contribution < 1.29 is 72.6 Å². The van der Waals surface area contributed by atoms with Crippen LogP contribution in [0.3, 0.4) is 0 Å². The highest BCUT2D eigenvalue weighted by Gasteiger charge is 2.34. The Labute approximate surface area is 405 Å². The van der Waals surface area contributed by atoms with Crippen LogP contribution in [-0.4, -0.2) is 205 Å². The van der Waals surface area contributed by atoms with Crippen LogP contribution in [0, 0.1) is 103 Å². The average Bonchev–Trinajstić information content (AvgIpc) is 3.80. The summed E-state index contributed by atoms with van der Waals surface area (Å²) in [5.74, 6) is 16.8. The summed E-state index contributed by atoms with van der Waals surface area (Å²) in [5, 5.41) is 45.2. The summed E-state index contributed by atoms with van der Waals surface area (Å²) in [7, 11) is 0. The monoisotopic (exact) mass is 1010 g/mol. The second kappa shape index (κ2) is 45.2. The van der Waals surface area contributed by atoms with Crippen molar-refractivity contribution in [2.75, 3.05) is 164 Å². The lowest BCUT2D eigenvalue weighted by Gasteiger charge is -2.32. The van der Waals surface area contributed by atoms with Crippen LogP contribution in [0.4, 0.5) is 0 Å². The van der Waals surface area contributed by atoms with E-state index in [1.807, 2.05) is 0 Å². The highest BCUT2D eigenvalue weighted by molar-refractivity contribution is 9.09. The van der Waals surface area contributed by atoms with E-state index in [0.29, 0.717) is 45.2 Å². The molecule has 0 aliphatic heterocycles. The van der Waals surface area contributed by atoms with E-state index in [1.165, 1.54) is 0 Å². The third-order valence-electron chi connectivity index (χ3n) is 8.27. The van der Waals surface area contributed by atoms with Gasteiger partial charge in [-0.25, -0.2) is 4.68 Å². The van der Waals surface area contributed by atoms with Crippen molar-refractivity contribution in [2.24, 2.45) is 16.2 Å². The topological polar surface area (TPSA) is 233 Å². The van der Waals surface area contributed by atoms with Crippen LogP contribution >= 0.6 is 15.9 Å². The Morgan fingerprint density at radius 2 is 0.881 bits per heavy atom. The Morgan fingerprint density at radius 3 is 1.19 bits per heavy atom. The molecule has 67 heavy (non-hydrogen) atoms. The number of amides is 1. The first kappa shape index (κ1) is 64.5. The number of carbonyl (C=O) groups is 1. The Bertz CT molecular complexity index is 1540. The number of aliphatic hydroxyl groups excluding tert-OH is 4. The van der Waals surface area contributed by atoms with Crippen LogP contribution in [0.25, 0.3) is 0 Å². The number of ether oxygens (including phenoxy) is 10. The Hall–Kier alpha value is -4.55. The molecule has 372 valence electrons. The Morgan fingerprint density at radius 1 is 0.537 bits per heavy atom. The van der Waals surface area contributed by atoms with Gasteiger partial charge in [0.15, 0.2) is 0 Å². The number of aromatic nitrogens is 3. The quantitative estimate of drug-likeness (QED) is 0.0296. The molecule has 0 bridgehead atoms. The normalized spacial score (nSPS) is 10.8. The van der Waals surface area contributed by atoms with Crippen molar-refractivity contribution in [1.82, 2.24) is 20.3 Å². The molecular formula is C47H67BrN4O15. The zero-order valence-corrected chi connectivity index (χ0v) is 39.8. The average molecular weight is 1010 g/mol. The van der Waals surface area contributed by atoms with Crippen LogP contribution in [0.15, 0.2) is 6.20 Å². The summed E-state index contributed by atoms with van der Waals surface area (Å²) in [6.07, 6.45) is 38.4. The number of carbonyl (C=O) groups excluding carboxylic acids is 1. The summed E-state index contributed by atoms with van der Waals surface area (Å²) in [5.41, 5.74) is -1.68. The van der Waals surface area contributed by atoms with Crippen molar-refractivity contribution in [3.63, 3.8) is 0 Å². The molecule has 0 aromatic carbocycles. The van der Waals surface area contributed by atoms with Gasteiger partial charge in [-0.2, -0.15) is 0 Å². The number of hydrogen-bond donors (Lipinski definition) is 5. The number of aliphatic hydroxyl groups is 4. The van der Waals surface area contributed by atoms with Gasteiger partial charge in [-0.3, -0.25) is 4.79 Å². The van der Waals surface area contributed by atoms with Crippen molar-refractivity contribution in [3.8, 4) is 86.4 Å². The molecule has 1 heterocycles. The Balaban J connectivity index is 0. The fraction of sp³-hybridized carbons (Fsp3) is 0.638. The molecule has 0 spiro atoms. The van der Waals surface area contributed by atoms with Crippen LogP contribution in [-0.2, 0) is 65.3 Å². The molecule has 0 aliphatic rings. The third kappa shape index (κ3) is 34.4. The van der Waals surface area contributed by atoms with E-state index in [2.05, 4.69) is 73.0 Å².